The van der Waals surface area contributed by atoms with Gasteiger partial charge in [-0.25, -0.2) is 0 Å². The molecular formula is C13H15N3O4. The Hall–Kier alpha value is -2.17. The van der Waals surface area contributed by atoms with Crippen molar-refractivity contribution in [3.63, 3.8) is 0 Å². The molecule has 1 aliphatic rings. The predicted octanol–water partition coefficient (Wildman–Crippen LogP) is 1.33. The number of nitriles is 1. The second-order valence-electron chi connectivity index (χ2n) is 4.49. The fraction of sp³-hybridized carbons (Fsp3) is 0.462. The number of ether oxygens (including phenoxy) is 2. The summed E-state index contributed by atoms with van der Waals surface area (Å²) >= 11 is 0. The van der Waals surface area contributed by atoms with Gasteiger partial charge in [-0.1, -0.05) is 6.07 Å². The van der Waals surface area contributed by atoms with Crippen molar-refractivity contribution in [1.82, 2.24) is 4.90 Å². The van der Waals surface area contributed by atoms with Gasteiger partial charge in [0, 0.05) is 25.7 Å². The lowest BCUT2D eigenvalue weighted by molar-refractivity contribution is -0.385. The molecule has 0 amide bonds. The Bertz CT molecular complexity index is 541. The van der Waals surface area contributed by atoms with E-state index in [1.807, 2.05) is 4.90 Å². The van der Waals surface area contributed by atoms with Crippen LogP contribution in [0.2, 0.25) is 0 Å². The zero-order chi connectivity index (χ0) is 14.5. The Morgan fingerprint density at radius 1 is 1.65 bits per heavy atom. The van der Waals surface area contributed by atoms with Gasteiger partial charge in [0.1, 0.15) is 0 Å². The number of hydrogen-bond acceptors (Lipinski definition) is 6. The highest BCUT2D eigenvalue weighted by atomic mass is 16.6. The van der Waals surface area contributed by atoms with Crippen molar-refractivity contribution in [2.45, 2.75) is 12.6 Å². The summed E-state index contributed by atoms with van der Waals surface area (Å²) in [5.41, 5.74) is 0.770. The average molecular weight is 277 g/mol. The molecule has 0 N–H and O–H groups in total. The van der Waals surface area contributed by atoms with Crippen molar-refractivity contribution < 1.29 is 14.4 Å². The fourth-order valence-electron chi connectivity index (χ4n) is 2.16. The fourth-order valence-corrected chi connectivity index (χ4v) is 2.16. The standard InChI is InChI=1S/C13H15N3O4/c1-19-13-3-2-10(6-12(13)16(17)18)8-15-4-5-20-11(7-14)9-15/h2-3,6,11H,4-5,8-9H2,1H3. The van der Waals surface area contributed by atoms with E-state index in [2.05, 4.69) is 6.07 Å². The van der Waals surface area contributed by atoms with Crippen LogP contribution in [0.25, 0.3) is 0 Å². The molecule has 106 valence electrons. The summed E-state index contributed by atoms with van der Waals surface area (Å²) in [4.78, 5) is 12.6. The molecule has 1 unspecified atom stereocenters. The molecule has 0 saturated carbocycles. The number of rotatable bonds is 4. The highest BCUT2D eigenvalue weighted by Gasteiger charge is 2.21. The molecule has 1 saturated heterocycles. The van der Waals surface area contributed by atoms with Crippen molar-refractivity contribution in [1.29, 1.82) is 5.26 Å². The maximum atomic E-state index is 11.0. The van der Waals surface area contributed by atoms with E-state index in [0.717, 1.165) is 5.56 Å². The maximum Gasteiger partial charge on any atom is 0.311 e. The lowest BCUT2D eigenvalue weighted by atomic mass is 10.1. The summed E-state index contributed by atoms with van der Waals surface area (Å²) in [5.74, 6) is 0.246. The SMILES string of the molecule is COc1ccc(CN2CCOC(C#N)C2)cc1[N+](=O)[O-]. The molecule has 20 heavy (non-hydrogen) atoms. The number of nitro benzene ring substituents is 1. The summed E-state index contributed by atoms with van der Waals surface area (Å²) in [7, 11) is 1.40. The van der Waals surface area contributed by atoms with E-state index in [9.17, 15) is 10.1 Å². The summed E-state index contributed by atoms with van der Waals surface area (Å²) in [6.07, 6.45) is -0.433. The zero-order valence-electron chi connectivity index (χ0n) is 11.1. The Morgan fingerprint density at radius 3 is 3.10 bits per heavy atom. The molecular weight excluding hydrogens is 262 g/mol. The van der Waals surface area contributed by atoms with Crippen LogP contribution in [-0.4, -0.2) is 42.7 Å². The van der Waals surface area contributed by atoms with Crippen LogP contribution in [0.5, 0.6) is 5.75 Å². The molecule has 1 aromatic rings. The Morgan fingerprint density at radius 2 is 2.45 bits per heavy atom. The number of nitrogens with zero attached hydrogens (tertiary/aromatic N) is 3. The molecule has 0 aliphatic carbocycles. The number of hydrogen-bond donors (Lipinski definition) is 0. The lowest BCUT2D eigenvalue weighted by Crippen LogP contribution is -2.41. The third-order valence-corrected chi connectivity index (χ3v) is 3.14. The van der Waals surface area contributed by atoms with Gasteiger partial charge in [0.05, 0.1) is 24.7 Å². The van der Waals surface area contributed by atoms with Gasteiger partial charge in [0.15, 0.2) is 11.9 Å². The molecule has 7 heteroatoms. The van der Waals surface area contributed by atoms with E-state index in [1.165, 1.54) is 13.2 Å². The number of morpholine rings is 1. The average Bonchev–Trinajstić information content (AvgIpc) is 2.47. The molecule has 0 aromatic heterocycles. The van der Waals surface area contributed by atoms with Crippen LogP contribution in [0.4, 0.5) is 5.69 Å². The summed E-state index contributed by atoms with van der Waals surface area (Å²) in [6.45, 7) is 2.26. The van der Waals surface area contributed by atoms with Crippen molar-refractivity contribution in [2.75, 3.05) is 26.8 Å². The second-order valence-corrected chi connectivity index (χ2v) is 4.49. The van der Waals surface area contributed by atoms with Gasteiger partial charge in [-0.3, -0.25) is 15.0 Å². The first-order chi connectivity index (χ1) is 9.63. The predicted molar refractivity (Wildman–Crippen MR) is 70.3 cm³/mol. The highest BCUT2D eigenvalue weighted by Crippen LogP contribution is 2.28. The summed E-state index contributed by atoms with van der Waals surface area (Å²) in [6, 6.07) is 6.97. The molecule has 1 atom stereocenters. The van der Waals surface area contributed by atoms with E-state index in [1.54, 1.807) is 12.1 Å². The second kappa shape index (κ2) is 6.32. The van der Waals surface area contributed by atoms with E-state index < -0.39 is 11.0 Å². The van der Waals surface area contributed by atoms with E-state index in [-0.39, 0.29) is 11.4 Å². The van der Waals surface area contributed by atoms with Gasteiger partial charge in [-0.15, -0.1) is 0 Å². The molecule has 0 spiro atoms. The Balaban J connectivity index is 2.12. The summed E-state index contributed by atoms with van der Waals surface area (Å²) < 4.78 is 10.2. The lowest BCUT2D eigenvalue weighted by Gasteiger charge is -2.29. The monoisotopic (exact) mass is 277 g/mol. The number of methoxy groups -OCH3 is 1. The maximum absolute atomic E-state index is 11.0. The van der Waals surface area contributed by atoms with Crippen molar-refractivity contribution in [3.05, 3.63) is 33.9 Å². The minimum atomic E-state index is -0.459. The van der Waals surface area contributed by atoms with E-state index in [0.29, 0.717) is 26.2 Å². The van der Waals surface area contributed by atoms with E-state index in [4.69, 9.17) is 14.7 Å². The van der Waals surface area contributed by atoms with Crippen LogP contribution >= 0.6 is 0 Å². The molecule has 2 rings (SSSR count). The van der Waals surface area contributed by atoms with Gasteiger partial charge < -0.3 is 9.47 Å². The topological polar surface area (TPSA) is 88.6 Å². The molecule has 7 nitrogen and oxygen atoms in total. The van der Waals surface area contributed by atoms with Crippen LogP contribution in [0.1, 0.15) is 5.56 Å². The quantitative estimate of drug-likeness (QED) is 0.609. The van der Waals surface area contributed by atoms with Gasteiger partial charge in [-0.2, -0.15) is 5.26 Å². The summed E-state index contributed by atoms with van der Waals surface area (Å²) in [5, 5.41) is 19.8. The van der Waals surface area contributed by atoms with Gasteiger partial charge in [0.25, 0.3) is 0 Å². The van der Waals surface area contributed by atoms with Crippen molar-refractivity contribution in [2.24, 2.45) is 0 Å². The first-order valence-corrected chi connectivity index (χ1v) is 6.19. The normalized spacial score (nSPS) is 19.3. The smallest absolute Gasteiger partial charge is 0.311 e. The van der Waals surface area contributed by atoms with Crippen LogP contribution in [0, 0.1) is 21.4 Å². The van der Waals surface area contributed by atoms with Gasteiger partial charge >= 0.3 is 5.69 Å². The minimum Gasteiger partial charge on any atom is -0.490 e. The van der Waals surface area contributed by atoms with Crippen molar-refractivity contribution >= 4 is 5.69 Å². The van der Waals surface area contributed by atoms with Crippen LogP contribution in [-0.2, 0) is 11.3 Å². The number of nitro groups is 1. The third kappa shape index (κ3) is 3.23. The van der Waals surface area contributed by atoms with E-state index >= 15 is 0 Å². The van der Waals surface area contributed by atoms with Crippen LogP contribution in [0.15, 0.2) is 18.2 Å². The molecule has 1 heterocycles. The van der Waals surface area contributed by atoms with Gasteiger partial charge in [-0.05, 0) is 11.6 Å². The zero-order valence-corrected chi connectivity index (χ0v) is 11.1. The molecule has 1 fully saturated rings. The Kier molecular flexibility index (Phi) is 4.50. The Labute approximate surface area is 116 Å². The first kappa shape index (κ1) is 14.2. The first-order valence-electron chi connectivity index (χ1n) is 6.19. The van der Waals surface area contributed by atoms with Gasteiger partial charge in [0.2, 0.25) is 0 Å². The molecule has 0 radical (unpaired) electrons. The molecule has 1 aromatic carbocycles. The minimum absolute atomic E-state index is 0.0462. The van der Waals surface area contributed by atoms with Crippen LogP contribution in [0.3, 0.4) is 0 Å². The largest absolute Gasteiger partial charge is 0.490 e. The van der Waals surface area contributed by atoms with Crippen LogP contribution < -0.4 is 4.74 Å². The molecule has 0 bridgehead atoms. The highest BCUT2D eigenvalue weighted by molar-refractivity contribution is 5.48. The molecule has 1 aliphatic heterocycles. The number of benzene rings is 1. The van der Waals surface area contributed by atoms with Crippen molar-refractivity contribution in [3.8, 4) is 11.8 Å². The third-order valence-electron chi connectivity index (χ3n) is 3.14.